The minimum absolute atomic E-state index is 0.253. The Balaban J connectivity index is 1.68. The number of anilines is 1. The van der Waals surface area contributed by atoms with E-state index in [9.17, 15) is 8.42 Å². The molecular weight excluding hydrogens is 382 g/mol. The van der Waals surface area contributed by atoms with E-state index in [1.54, 1.807) is 18.2 Å². The van der Waals surface area contributed by atoms with Crippen molar-refractivity contribution in [2.75, 3.05) is 4.72 Å². The molecule has 0 unspecified atom stereocenters. The van der Waals surface area contributed by atoms with Gasteiger partial charge >= 0.3 is 0 Å². The maximum Gasteiger partial charge on any atom is 0.262 e. The number of hydrogen-bond acceptors (Lipinski definition) is 3. The summed E-state index contributed by atoms with van der Waals surface area (Å²) in [5.41, 5.74) is 4.70. The highest BCUT2D eigenvalue weighted by Crippen LogP contribution is 2.27. The lowest BCUT2D eigenvalue weighted by Crippen LogP contribution is -2.14. The molecule has 5 nitrogen and oxygen atoms in total. The van der Waals surface area contributed by atoms with Crippen molar-refractivity contribution in [2.24, 2.45) is 0 Å². The van der Waals surface area contributed by atoms with Crippen molar-refractivity contribution in [3.05, 3.63) is 84.2 Å². The number of imidazole rings is 1. The third-order valence-corrected chi connectivity index (χ3v) is 6.47. The number of hydrogen-bond donors (Lipinski definition) is 1. The van der Waals surface area contributed by atoms with E-state index >= 15 is 0 Å². The highest BCUT2D eigenvalue weighted by molar-refractivity contribution is 7.92. The number of sulfonamides is 1. The second kappa shape index (κ2) is 7.37. The zero-order valence-corrected chi connectivity index (χ0v) is 17.4. The first-order valence-corrected chi connectivity index (χ1v) is 11.0. The van der Waals surface area contributed by atoms with Gasteiger partial charge in [0.05, 0.1) is 10.6 Å². The normalized spacial score (nSPS) is 11.9. The largest absolute Gasteiger partial charge is 0.306 e. The van der Waals surface area contributed by atoms with Crippen LogP contribution >= 0.6 is 0 Å². The average Bonchev–Trinajstić information content (AvgIpc) is 3.12. The molecule has 0 fully saturated rings. The Morgan fingerprint density at radius 1 is 1.00 bits per heavy atom. The van der Waals surface area contributed by atoms with E-state index < -0.39 is 10.0 Å². The molecule has 0 aliphatic carbocycles. The van der Waals surface area contributed by atoms with E-state index in [1.807, 2.05) is 80.0 Å². The maximum absolute atomic E-state index is 13.1. The number of pyridine rings is 1. The Bertz CT molecular complexity index is 1260. The van der Waals surface area contributed by atoms with Gasteiger partial charge in [-0.05, 0) is 54.3 Å². The first-order valence-electron chi connectivity index (χ1n) is 9.51. The zero-order chi connectivity index (χ0) is 20.6. The van der Waals surface area contributed by atoms with Crippen molar-refractivity contribution < 1.29 is 8.42 Å². The second-order valence-electron chi connectivity index (χ2n) is 7.46. The van der Waals surface area contributed by atoms with Crippen LogP contribution < -0.4 is 4.72 Å². The predicted octanol–water partition coefficient (Wildman–Crippen LogP) is 5.23. The molecule has 0 atom stereocenters. The van der Waals surface area contributed by atoms with Gasteiger partial charge in [-0.25, -0.2) is 13.4 Å². The van der Waals surface area contributed by atoms with E-state index in [0.717, 1.165) is 28.0 Å². The summed E-state index contributed by atoms with van der Waals surface area (Å²) in [5, 5.41) is 0. The van der Waals surface area contributed by atoms with Gasteiger partial charge in [0.1, 0.15) is 5.65 Å². The van der Waals surface area contributed by atoms with E-state index in [2.05, 4.69) is 9.71 Å². The minimum atomic E-state index is -3.70. The Labute approximate surface area is 171 Å². The van der Waals surface area contributed by atoms with Gasteiger partial charge in [-0.2, -0.15) is 0 Å². The third kappa shape index (κ3) is 3.89. The van der Waals surface area contributed by atoms with Gasteiger partial charge in [-0.3, -0.25) is 4.72 Å². The van der Waals surface area contributed by atoms with Gasteiger partial charge in [-0.15, -0.1) is 0 Å². The monoisotopic (exact) mass is 405 g/mol. The number of rotatable bonds is 5. The molecule has 1 N–H and O–H groups in total. The number of aromatic nitrogens is 2. The van der Waals surface area contributed by atoms with Gasteiger partial charge in [0, 0.05) is 23.6 Å². The second-order valence-corrected chi connectivity index (χ2v) is 9.11. The van der Waals surface area contributed by atoms with Crippen LogP contribution in [0.15, 0.2) is 78.0 Å². The summed E-state index contributed by atoms with van der Waals surface area (Å²) in [5.74, 6) is 0.253. The summed E-state index contributed by atoms with van der Waals surface area (Å²) in [7, 11) is -3.70. The van der Waals surface area contributed by atoms with Crippen LogP contribution in [0.2, 0.25) is 0 Å². The van der Waals surface area contributed by atoms with Crippen molar-refractivity contribution in [1.29, 1.82) is 0 Å². The van der Waals surface area contributed by atoms with Gasteiger partial charge in [0.25, 0.3) is 10.0 Å². The number of nitrogens with one attached hydrogen (secondary N) is 1. The van der Waals surface area contributed by atoms with Crippen molar-refractivity contribution in [2.45, 2.75) is 31.6 Å². The summed E-state index contributed by atoms with van der Waals surface area (Å²) in [6.45, 7) is 5.91. The van der Waals surface area contributed by atoms with Crippen molar-refractivity contribution >= 4 is 21.4 Å². The lowest BCUT2D eigenvalue weighted by Gasteiger charge is -2.14. The molecule has 0 saturated heterocycles. The van der Waals surface area contributed by atoms with Crippen LogP contribution in [0.5, 0.6) is 0 Å². The molecule has 0 saturated carbocycles. The molecule has 0 spiro atoms. The topological polar surface area (TPSA) is 63.5 Å². The summed E-state index contributed by atoms with van der Waals surface area (Å²) < 4.78 is 30.8. The van der Waals surface area contributed by atoms with Crippen molar-refractivity contribution in [3.63, 3.8) is 0 Å². The van der Waals surface area contributed by atoms with Gasteiger partial charge < -0.3 is 4.40 Å². The number of benzene rings is 2. The van der Waals surface area contributed by atoms with Crippen LogP contribution in [0.3, 0.4) is 0 Å². The van der Waals surface area contributed by atoms with Gasteiger partial charge in [0.2, 0.25) is 0 Å². The summed E-state index contributed by atoms with van der Waals surface area (Å²) in [6, 6.07) is 18.7. The molecule has 6 heteroatoms. The van der Waals surface area contributed by atoms with Crippen LogP contribution in [0.1, 0.15) is 30.9 Å². The van der Waals surface area contributed by atoms with E-state index in [-0.39, 0.29) is 5.92 Å². The van der Waals surface area contributed by atoms with E-state index in [1.165, 1.54) is 0 Å². The van der Waals surface area contributed by atoms with Crippen LogP contribution in [-0.2, 0) is 10.0 Å². The Hall–Kier alpha value is -3.12. The van der Waals surface area contributed by atoms with Crippen LogP contribution in [0.25, 0.3) is 16.9 Å². The van der Waals surface area contributed by atoms with Gasteiger partial charge in [-0.1, -0.05) is 44.2 Å². The standard InChI is InChI=1S/C23H23N3O2S/c1-16(2)18-11-10-17(3)22(14-18)29(27,28)25-20-8-6-7-19(13-20)21-15-26-12-5-4-9-23(26)24-21/h4-16,25H,1-3H3. The summed E-state index contributed by atoms with van der Waals surface area (Å²) in [4.78, 5) is 4.92. The smallest absolute Gasteiger partial charge is 0.262 e. The van der Waals surface area contributed by atoms with Crippen LogP contribution in [0.4, 0.5) is 5.69 Å². The van der Waals surface area contributed by atoms with Crippen LogP contribution in [-0.4, -0.2) is 17.8 Å². The highest BCUT2D eigenvalue weighted by atomic mass is 32.2. The molecule has 0 aliphatic rings. The maximum atomic E-state index is 13.1. The van der Waals surface area contributed by atoms with Gasteiger partial charge in [0.15, 0.2) is 0 Å². The third-order valence-electron chi connectivity index (χ3n) is 4.94. The predicted molar refractivity (Wildman–Crippen MR) is 117 cm³/mol. The first-order chi connectivity index (χ1) is 13.8. The summed E-state index contributed by atoms with van der Waals surface area (Å²) >= 11 is 0. The minimum Gasteiger partial charge on any atom is -0.306 e. The molecule has 2 aromatic heterocycles. The molecule has 0 amide bonds. The first kappa shape index (κ1) is 19.2. The van der Waals surface area contributed by atoms with E-state index in [0.29, 0.717) is 10.6 Å². The molecule has 2 aromatic carbocycles. The average molecular weight is 406 g/mol. The molecule has 0 bridgehead atoms. The molecular formula is C23H23N3O2S. The SMILES string of the molecule is Cc1ccc(C(C)C)cc1S(=O)(=O)Nc1cccc(-c2cn3ccccc3n2)c1. The number of fused-ring (bicyclic) bond motifs is 1. The Morgan fingerprint density at radius 2 is 1.83 bits per heavy atom. The molecule has 29 heavy (non-hydrogen) atoms. The quantitative estimate of drug-likeness (QED) is 0.494. The molecule has 2 heterocycles. The number of aryl methyl sites for hydroxylation is 1. The van der Waals surface area contributed by atoms with Crippen LogP contribution in [0, 0.1) is 6.92 Å². The van der Waals surface area contributed by atoms with E-state index in [4.69, 9.17) is 0 Å². The number of nitrogens with zero attached hydrogens (tertiary/aromatic N) is 2. The summed E-state index contributed by atoms with van der Waals surface area (Å²) in [6.07, 6.45) is 3.86. The molecule has 4 aromatic rings. The Kier molecular flexibility index (Phi) is 4.88. The lowest BCUT2D eigenvalue weighted by molar-refractivity contribution is 0.600. The fourth-order valence-corrected chi connectivity index (χ4v) is 4.62. The highest BCUT2D eigenvalue weighted by Gasteiger charge is 2.19. The molecule has 0 aliphatic heterocycles. The van der Waals surface area contributed by atoms with Crippen molar-refractivity contribution in [3.8, 4) is 11.3 Å². The fraction of sp³-hybridized carbons (Fsp3) is 0.174. The zero-order valence-electron chi connectivity index (χ0n) is 16.6. The molecule has 0 radical (unpaired) electrons. The molecule has 4 rings (SSSR count). The lowest BCUT2D eigenvalue weighted by atomic mass is 10.0. The van der Waals surface area contributed by atoms with Crippen molar-refractivity contribution in [1.82, 2.24) is 9.38 Å². The Morgan fingerprint density at radius 3 is 2.59 bits per heavy atom. The fourth-order valence-electron chi connectivity index (χ4n) is 3.29. The molecule has 148 valence electrons.